The summed E-state index contributed by atoms with van der Waals surface area (Å²) in [5, 5.41) is 5.51. The van der Waals surface area contributed by atoms with Gasteiger partial charge in [0.2, 0.25) is 15.9 Å². The van der Waals surface area contributed by atoms with Crippen molar-refractivity contribution in [3.05, 3.63) is 54.1 Å². The molecular weight excluding hydrogens is 458 g/mol. The summed E-state index contributed by atoms with van der Waals surface area (Å²) >= 11 is 0. The fraction of sp³-hybridized carbons (Fsp3) is 0.417. The number of ether oxygens (including phenoxy) is 2. The van der Waals surface area contributed by atoms with E-state index in [2.05, 4.69) is 10.6 Å². The molecule has 1 aliphatic rings. The average Bonchev–Trinajstić information content (AvgIpc) is 2.83. The molecule has 2 N–H and O–H groups in total. The lowest BCUT2D eigenvalue weighted by Crippen LogP contribution is -2.47. The van der Waals surface area contributed by atoms with Gasteiger partial charge in [-0.2, -0.15) is 4.31 Å². The Labute approximate surface area is 200 Å². The highest BCUT2D eigenvalue weighted by Crippen LogP contribution is 2.21. The molecule has 1 aliphatic heterocycles. The van der Waals surface area contributed by atoms with Crippen molar-refractivity contribution in [3.8, 4) is 5.75 Å². The minimum atomic E-state index is -3.70. The zero-order valence-electron chi connectivity index (χ0n) is 19.6. The van der Waals surface area contributed by atoms with Gasteiger partial charge in [0.05, 0.1) is 24.7 Å². The van der Waals surface area contributed by atoms with Gasteiger partial charge >= 0.3 is 0 Å². The molecule has 2 aromatic rings. The summed E-state index contributed by atoms with van der Waals surface area (Å²) in [5.41, 5.74) is 0.737. The predicted octanol–water partition coefficient (Wildman–Crippen LogP) is 2.50. The molecule has 1 saturated heterocycles. The molecule has 0 aromatic heterocycles. The van der Waals surface area contributed by atoms with Crippen LogP contribution in [-0.2, 0) is 19.6 Å². The van der Waals surface area contributed by atoms with Gasteiger partial charge in [-0.15, -0.1) is 0 Å². The van der Waals surface area contributed by atoms with Crippen LogP contribution < -0.4 is 15.4 Å². The van der Waals surface area contributed by atoms with Crippen LogP contribution in [0.4, 0.5) is 5.69 Å². The molecule has 0 unspecified atom stereocenters. The Hall–Kier alpha value is -2.95. The highest BCUT2D eigenvalue weighted by Gasteiger charge is 2.28. The minimum Gasteiger partial charge on any atom is -0.494 e. The predicted molar refractivity (Wildman–Crippen MR) is 128 cm³/mol. The van der Waals surface area contributed by atoms with E-state index in [9.17, 15) is 18.0 Å². The third-order valence-corrected chi connectivity index (χ3v) is 7.27. The number of amides is 2. The number of hydrogen-bond donors (Lipinski definition) is 2. The molecule has 0 aliphatic carbocycles. The Bertz CT molecular complexity index is 1100. The van der Waals surface area contributed by atoms with Crippen molar-refractivity contribution in [2.75, 3.05) is 38.2 Å². The molecule has 34 heavy (non-hydrogen) atoms. The first kappa shape index (κ1) is 25.7. The van der Waals surface area contributed by atoms with E-state index in [0.29, 0.717) is 36.8 Å². The van der Waals surface area contributed by atoms with E-state index in [1.54, 1.807) is 36.4 Å². The minimum absolute atomic E-state index is 0.0896. The number of carbonyl (C=O) groups excluding carboxylic acids is 2. The smallest absolute Gasteiger partial charge is 0.251 e. The maximum Gasteiger partial charge on any atom is 0.251 e. The normalized spacial score (nSPS) is 15.5. The Kier molecular flexibility index (Phi) is 8.65. The van der Waals surface area contributed by atoms with Crippen molar-refractivity contribution >= 4 is 27.5 Å². The largest absolute Gasteiger partial charge is 0.494 e. The van der Waals surface area contributed by atoms with Crippen LogP contribution in [0.5, 0.6) is 5.75 Å². The van der Waals surface area contributed by atoms with E-state index in [0.717, 1.165) is 0 Å². The molecule has 0 spiro atoms. The van der Waals surface area contributed by atoms with Crippen LogP contribution in [0.1, 0.15) is 31.1 Å². The van der Waals surface area contributed by atoms with E-state index < -0.39 is 22.0 Å². The van der Waals surface area contributed by atoms with Gasteiger partial charge in [-0.05, 0) is 55.3 Å². The third kappa shape index (κ3) is 6.34. The lowest BCUT2D eigenvalue weighted by atomic mass is 10.0. The molecule has 0 radical (unpaired) electrons. The van der Waals surface area contributed by atoms with Crippen LogP contribution in [0.15, 0.2) is 53.4 Å². The zero-order valence-corrected chi connectivity index (χ0v) is 20.4. The van der Waals surface area contributed by atoms with Crippen molar-refractivity contribution in [2.24, 2.45) is 5.92 Å². The van der Waals surface area contributed by atoms with Crippen LogP contribution in [-0.4, -0.2) is 63.5 Å². The van der Waals surface area contributed by atoms with Gasteiger partial charge < -0.3 is 20.1 Å². The summed E-state index contributed by atoms with van der Waals surface area (Å²) in [5.74, 6) is -0.369. The molecule has 2 amide bonds. The number of sulfonamides is 1. The summed E-state index contributed by atoms with van der Waals surface area (Å²) in [6.45, 7) is 7.30. The van der Waals surface area contributed by atoms with Gasteiger partial charge in [-0.25, -0.2) is 8.42 Å². The number of anilines is 1. The first-order chi connectivity index (χ1) is 16.2. The second kappa shape index (κ2) is 11.5. The number of carbonyl (C=O) groups is 2. The number of morpholine rings is 1. The number of benzene rings is 2. The van der Waals surface area contributed by atoms with Gasteiger partial charge in [0.25, 0.3) is 5.91 Å². The summed E-state index contributed by atoms with van der Waals surface area (Å²) < 4.78 is 37.8. The summed E-state index contributed by atoms with van der Waals surface area (Å²) in [6, 6.07) is 12.0. The van der Waals surface area contributed by atoms with Crippen LogP contribution in [0, 0.1) is 5.92 Å². The molecule has 0 bridgehead atoms. The zero-order chi connectivity index (χ0) is 24.7. The van der Waals surface area contributed by atoms with E-state index in [4.69, 9.17) is 9.47 Å². The number of nitrogens with zero attached hydrogens (tertiary/aromatic N) is 1. The Balaban J connectivity index is 1.71. The molecule has 2 aromatic carbocycles. The van der Waals surface area contributed by atoms with Crippen molar-refractivity contribution in [2.45, 2.75) is 31.7 Å². The lowest BCUT2D eigenvalue weighted by molar-refractivity contribution is -0.118. The molecule has 10 heteroatoms. The van der Waals surface area contributed by atoms with Gasteiger partial charge in [0.1, 0.15) is 11.8 Å². The second-order valence-corrected chi connectivity index (χ2v) is 10.1. The van der Waals surface area contributed by atoms with E-state index in [1.807, 2.05) is 20.8 Å². The maximum absolute atomic E-state index is 13.0. The standard InChI is InChI=1S/C24H31N3O6S/c1-4-33-20-10-8-18(9-11-20)23(28)26-22(17(2)3)24(29)25-19-6-5-7-21(16-19)34(30,31)27-12-14-32-15-13-27/h5-11,16-17,22H,4,12-15H2,1-3H3,(H,25,29)(H,26,28)/t22-/m0/s1. The van der Waals surface area contributed by atoms with Crippen LogP contribution in [0.2, 0.25) is 0 Å². The van der Waals surface area contributed by atoms with Gasteiger partial charge in [0, 0.05) is 24.3 Å². The number of nitrogens with one attached hydrogen (secondary N) is 2. The summed E-state index contributed by atoms with van der Waals surface area (Å²) in [7, 11) is -3.70. The molecule has 9 nitrogen and oxygen atoms in total. The molecule has 1 heterocycles. The molecule has 0 saturated carbocycles. The summed E-state index contributed by atoms with van der Waals surface area (Å²) in [4.78, 5) is 25.8. The topological polar surface area (TPSA) is 114 Å². The maximum atomic E-state index is 13.0. The fourth-order valence-corrected chi connectivity index (χ4v) is 4.97. The Morgan fingerprint density at radius 3 is 2.38 bits per heavy atom. The first-order valence-electron chi connectivity index (χ1n) is 11.2. The molecule has 184 valence electrons. The summed E-state index contributed by atoms with van der Waals surface area (Å²) in [6.07, 6.45) is 0. The Morgan fingerprint density at radius 2 is 1.76 bits per heavy atom. The van der Waals surface area contributed by atoms with Crippen molar-refractivity contribution in [3.63, 3.8) is 0 Å². The lowest BCUT2D eigenvalue weighted by Gasteiger charge is -2.26. The molecule has 1 fully saturated rings. The third-order valence-electron chi connectivity index (χ3n) is 5.37. The molecular formula is C24H31N3O6S. The highest BCUT2D eigenvalue weighted by atomic mass is 32.2. The van der Waals surface area contributed by atoms with Crippen molar-refractivity contribution in [1.29, 1.82) is 0 Å². The highest BCUT2D eigenvalue weighted by molar-refractivity contribution is 7.89. The number of rotatable bonds is 9. The monoisotopic (exact) mass is 489 g/mol. The van der Waals surface area contributed by atoms with Gasteiger partial charge in [-0.3, -0.25) is 9.59 Å². The quantitative estimate of drug-likeness (QED) is 0.560. The van der Waals surface area contributed by atoms with Gasteiger partial charge in [0.15, 0.2) is 0 Å². The van der Waals surface area contributed by atoms with E-state index >= 15 is 0 Å². The Morgan fingerprint density at radius 1 is 1.09 bits per heavy atom. The SMILES string of the molecule is CCOc1ccc(C(=O)N[C@H](C(=O)Nc2cccc(S(=O)(=O)N3CCOCC3)c2)C(C)C)cc1. The first-order valence-corrected chi connectivity index (χ1v) is 12.7. The average molecular weight is 490 g/mol. The second-order valence-electron chi connectivity index (χ2n) is 8.19. The number of hydrogen-bond acceptors (Lipinski definition) is 6. The fourth-order valence-electron chi connectivity index (χ4n) is 3.52. The molecule has 1 atom stereocenters. The van der Waals surface area contributed by atoms with Crippen molar-refractivity contribution in [1.82, 2.24) is 9.62 Å². The van der Waals surface area contributed by atoms with Crippen LogP contribution in [0.25, 0.3) is 0 Å². The van der Waals surface area contributed by atoms with E-state index in [-0.39, 0.29) is 29.8 Å². The van der Waals surface area contributed by atoms with Gasteiger partial charge in [-0.1, -0.05) is 19.9 Å². The van der Waals surface area contributed by atoms with E-state index in [1.165, 1.54) is 16.4 Å². The van der Waals surface area contributed by atoms with Crippen LogP contribution >= 0.6 is 0 Å². The van der Waals surface area contributed by atoms with Crippen molar-refractivity contribution < 1.29 is 27.5 Å². The molecule has 3 rings (SSSR count). The van der Waals surface area contributed by atoms with Crippen LogP contribution in [0.3, 0.4) is 0 Å².